The summed E-state index contributed by atoms with van der Waals surface area (Å²) in [5.41, 5.74) is 3.28. The predicted octanol–water partition coefficient (Wildman–Crippen LogP) is 3.22. The van der Waals surface area contributed by atoms with Gasteiger partial charge in [0.05, 0.1) is 10.2 Å². The second-order valence-electron chi connectivity index (χ2n) is 5.83. The summed E-state index contributed by atoms with van der Waals surface area (Å²) in [7, 11) is 4.18. The maximum atomic E-state index is 4.69. The largest absolute Gasteiger partial charge is 0.369 e. The van der Waals surface area contributed by atoms with Crippen molar-refractivity contribution in [1.82, 2.24) is 19.9 Å². The van der Waals surface area contributed by atoms with Gasteiger partial charge in [0.1, 0.15) is 17.0 Å². The van der Waals surface area contributed by atoms with E-state index in [9.17, 15) is 0 Å². The number of thiophene rings is 1. The second-order valence-corrected chi connectivity index (χ2v) is 6.83. The van der Waals surface area contributed by atoms with Gasteiger partial charge in [0.25, 0.3) is 0 Å². The normalized spacial score (nSPS) is 11.7. The summed E-state index contributed by atoms with van der Waals surface area (Å²) in [6.45, 7) is 6.11. The summed E-state index contributed by atoms with van der Waals surface area (Å²) >= 11 is 1.67. The van der Waals surface area contributed by atoms with E-state index in [1.807, 2.05) is 6.92 Å². The van der Waals surface area contributed by atoms with Crippen molar-refractivity contribution in [1.29, 1.82) is 0 Å². The summed E-state index contributed by atoms with van der Waals surface area (Å²) in [5, 5.41) is 4.56. The van der Waals surface area contributed by atoms with E-state index < -0.39 is 0 Å². The van der Waals surface area contributed by atoms with Gasteiger partial charge in [-0.1, -0.05) is 0 Å². The Hall–Kier alpha value is -1.79. The fraction of sp³-hybridized carbons (Fsp3) is 0.438. The van der Waals surface area contributed by atoms with Gasteiger partial charge in [-0.05, 0) is 52.5 Å². The van der Waals surface area contributed by atoms with Gasteiger partial charge in [0.15, 0.2) is 0 Å². The molecule has 0 saturated heterocycles. The Morgan fingerprint density at radius 2 is 2.05 bits per heavy atom. The Bertz CT molecular complexity index is 809. The summed E-state index contributed by atoms with van der Waals surface area (Å²) in [4.78, 5) is 16.8. The molecule has 0 aliphatic carbocycles. The zero-order chi connectivity index (χ0) is 15.7. The van der Waals surface area contributed by atoms with E-state index in [-0.39, 0.29) is 0 Å². The Balaban J connectivity index is 1.94. The first-order valence-electron chi connectivity index (χ1n) is 7.46. The average molecular weight is 315 g/mol. The zero-order valence-electron chi connectivity index (χ0n) is 13.5. The molecule has 0 aliphatic heterocycles. The van der Waals surface area contributed by atoms with Gasteiger partial charge in [-0.2, -0.15) is 0 Å². The summed E-state index contributed by atoms with van der Waals surface area (Å²) in [5.74, 6) is 0.919. The molecule has 0 saturated carbocycles. The molecule has 0 aromatic carbocycles. The van der Waals surface area contributed by atoms with Crippen LogP contribution in [-0.2, 0) is 0 Å². The van der Waals surface area contributed by atoms with Crippen LogP contribution in [0.5, 0.6) is 0 Å². The minimum atomic E-state index is 0.907. The molecule has 22 heavy (non-hydrogen) atoms. The molecule has 1 N–H and O–H groups in total. The molecule has 6 heteroatoms. The number of fused-ring (bicyclic) bond motifs is 3. The second kappa shape index (κ2) is 6.14. The van der Waals surface area contributed by atoms with Gasteiger partial charge >= 0.3 is 0 Å². The molecule has 5 nitrogen and oxygen atoms in total. The molecule has 0 aliphatic rings. The Morgan fingerprint density at radius 1 is 1.23 bits per heavy atom. The maximum Gasteiger partial charge on any atom is 0.147 e. The SMILES string of the molecule is Cc1cc2c(nc1C)sc1c(NCCCN(C)C)ncnc12. The lowest BCUT2D eigenvalue weighted by Gasteiger charge is -2.10. The lowest BCUT2D eigenvalue weighted by Crippen LogP contribution is -2.16. The standard InChI is InChI=1S/C16H21N5S/c1-10-8-12-13-14(22-16(12)20-11(10)2)15(19-9-18-13)17-6-5-7-21(3)4/h8-9H,5-7H2,1-4H3,(H,17,18,19). The lowest BCUT2D eigenvalue weighted by atomic mass is 10.2. The van der Waals surface area contributed by atoms with Crippen LogP contribution in [0.2, 0.25) is 0 Å². The average Bonchev–Trinajstić information content (AvgIpc) is 2.82. The molecule has 0 spiro atoms. The third kappa shape index (κ3) is 2.89. The molecule has 3 heterocycles. The third-order valence-electron chi connectivity index (χ3n) is 3.76. The highest BCUT2D eigenvalue weighted by atomic mass is 32.1. The van der Waals surface area contributed by atoms with Gasteiger partial charge in [-0.3, -0.25) is 0 Å². The van der Waals surface area contributed by atoms with Crippen molar-refractivity contribution in [3.63, 3.8) is 0 Å². The molecule has 0 amide bonds. The Kier molecular flexibility index (Phi) is 4.22. The number of hydrogen-bond donors (Lipinski definition) is 1. The van der Waals surface area contributed by atoms with Crippen molar-refractivity contribution in [3.8, 4) is 0 Å². The number of aryl methyl sites for hydroxylation is 2. The molecule has 116 valence electrons. The Labute approximate surface area is 134 Å². The molecule has 3 aromatic heterocycles. The lowest BCUT2D eigenvalue weighted by molar-refractivity contribution is 0.405. The number of aromatic nitrogens is 3. The molecular weight excluding hydrogens is 294 g/mol. The summed E-state index contributed by atoms with van der Waals surface area (Å²) in [6, 6.07) is 2.18. The summed E-state index contributed by atoms with van der Waals surface area (Å²) in [6.07, 6.45) is 2.72. The number of anilines is 1. The van der Waals surface area contributed by atoms with Gasteiger partial charge in [0.2, 0.25) is 0 Å². The van der Waals surface area contributed by atoms with Crippen LogP contribution in [0.15, 0.2) is 12.4 Å². The quantitative estimate of drug-likeness (QED) is 0.733. The fourth-order valence-electron chi connectivity index (χ4n) is 2.42. The van der Waals surface area contributed by atoms with Gasteiger partial charge < -0.3 is 10.2 Å². The monoisotopic (exact) mass is 315 g/mol. The molecule has 3 rings (SSSR count). The van der Waals surface area contributed by atoms with Crippen LogP contribution < -0.4 is 5.32 Å². The smallest absolute Gasteiger partial charge is 0.147 e. The number of pyridine rings is 1. The molecule has 0 atom stereocenters. The van der Waals surface area contributed by atoms with Crippen molar-refractivity contribution >= 4 is 37.6 Å². The first-order valence-corrected chi connectivity index (χ1v) is 8.28. The van der Waals surface area contributed by atoms with E-state index >= 15 is 0 Å². The highest BCUT2D eigenvalue weighted by Crippen LogP contribution is 2.35. The van der Waals surface area contributed by atoms with E-state index in [2.05, 4.69) is 52.3 Å². The van der Waals surface area contributed by atoms with E-state index in [0.717, 1.165) is 51.5 Å². The summed E-state index contributed by atoms with van der Waals surface area (Å²) < 4.78 is 1.10. The molecule has 3 aromatic rings. The topological polar surface area (TPSA) is 53.9 Å². The first-order chi connectivity index (χ1) is 10.6. The fourth-order valence-corrected chi connectivity index (χ4v) is 3.54. The molecule has 0 bridgehead atoms. The number of nitrogens with one attached hydrogen (secondary N) is 1. The van der Waals surface area contributed by atoms with Crippen LogP contribution in [0.25, 0.3) is 20.4 Å². The van der Waals surface area contributed by atoms with Crippen molar-refractivity contribution in [2.75, 3.05) is 32.5 Å². The van der Waals surface area contributed by atoms with E-state index in [1.165, 1.54) is 5.56 Å². The van der Waals surface area contributed by atoms with Crippen molar-refractivity contribution in [2.24, 2.45) is 0 Å². The van der Waals surface area contributed by atoms with E-state index in [1.54, 1.807) is 17.7 Å². The van der Waals surface area contributed by atoms with E-state index in [0.29, 0.717) is 0 Å². The molecule has 0 unspecified atom stereocenters. The van der Waals surface area contributed by atoms with E-state index in [4.69, 9.17) is 0 Å². The van der Waals surface area contributed by atoms with Gasteiger partial charge in [-0.15, -0.1) is 11.3 Å². The highest BCUT2D eigenvalue weighted by Gasteiger charge is 2.13. The zero-order valence-corrected chi connectivity index (χ0v) is 14.3. The van der Waals surface area contributed by atoms with Crippen LogP contribution in [0.3, 0.4) is 0 Å². The Morgan fingerprint density at radius 3 is 2.82 bits per heavy atom. The van der Waals surface area contributed by atoms with Gasteiger partial charge in [0, 0.05) is 17.6 Å². The maximum absolute atomic E-state index is 4.69. The molecular formula is C16H21N5S. The molecule has 0 radical (unpaired) electrons. The third-order valence-corrected chi connectivity index (χ3v) is 4.86. The van der Waals surface area contributed by atoms with Crippen LogP contribution in [-0.4, -0.2) is 47.0 Å². The predicted molar refractivity (Wildman–Crippen MR) is 93.9 cm³/mol. The minimum Gasteiger partial charge on any atom is -0.369 e. The van der Waals surface area contributed by atoms with Crippen molar-refractivity contribution in [3.05, 3.63) is 23.7 Å². The minimum absolute atomic E-state index is 0.907. The van der Waals surface area contributed by atoms with Crippen LogP contribution in [0.4, 0.5) is 5.82 Å². The highest BCUT2D eigenvalue weighted by molar-refractivity contribution is 7.25. The van der Waals surface area contributed by atoms with Crippen LogP contribution in [0.1, 0.15) is 17.7 Å². The number of hydrogen-bond acceptors (Lipinski definition) is 6. The van der Waals surface area contributed by atoms with Crippen LogP contribution >= 0.6 is 11.3 Å². The molecule has 0 fully saturated rings. The van der Waals surface area contributed by atoms with Crippen molar-refractivity contribution in [2.45, 2.75) is 20.3 Å². The van der Waals surface area contributed by atoms with Gasteiger partial charge in [-0.25, -0.2) is 15.0 Å². The first kappa shape index (κ1) is 15.1. The number of nitrogens with zero attached hydrogens (tertiary/aromatic N) is 4. The number of rotatable bonds is 5. The van der Waals surface area contributed by atoms with Crippen LogP contribution in [0, 0.1) is 13.8 Å². The van der Waals surface area contributed by atoms with Crippen molar-refractivity contribution < 1.29 is 0 Å².